The number of methoxy groups -OCH3 is 1. The van der Waals surface area contributed by atoms with E-state index in [1.807, 2.05) is 0 Å². The van der Waals surface area contributed by atoms with Gasteiger partial charge in [0.2, 0.25) is 0 Å². The molecule has 0 aliphatic carbocycles. The van der Waals surface area contributed by atoms with E-state index in [1.165, 1.54) is 19.2 Å². The fourth-order valence-corrected chi connectivity index (χ4v) is 1.20. The standard InChI is InChI=1S/C9H8F2O2/c1-12-9-6(10)2-5(3-7(9)11)8-4-13-8/h2-3,8H,4H2,1H3/t8-/m1/s1. The third-order valence-corrected chi connectivity index (χ3v) is 1.93. The predicted molar refractivity (Wildman–Crippen MR) is 41.6 cm³/mol. The molecule has 1 aliphatic heterocycles. The van der Waals surface area contributed by atoms with E-state index in [-0.39, 0.29) is 11.9 Å². The summed E-state index contributed by atoms with van der Waals surface area (Å²) in [6, 6.07) is 2.47. The fraction of sp³-hybridized carbons (Fsp3) is 0.333. The molecule has 0 spiro atoms. The van der Waals surface area contributed by atoms with Crippen molar-refractivity contribution in [1.82, 2.24) is 0 Å². The lowest BCUT2D eigenvalue weighted by molar-refractivity contribution is 0.357. The summed E-state index contributed by atoms with van der Waals surface area (Å²) in [5.74, 6) is -1.72. The maximum absolute atomic E-state index is 13.1. The molecule has 1 aliphatic rings. The number of benzene rings is 1. The Balaban J connectivity index is 2.42. The summed E-state index contributed by atoms with van der Waals surface area (Å²) in [6.45, 7) is 0.533. The Labute approximate surface area is 74.1 Å². The molecular formula is C9H8F2O2. The van der Waals surface area contributed by atoms with E-state index in [1.54, 1.807) is 0 Å². The van der Waals surface area contributed by atoms with E-state index in [4.69, 9.17) is 4.74 Å². The van der Waals surface area contributed by atoms with Gasteiger partial charge in [-0.15, -0.1) is 0 Å². The summed E-state index contributed by atoms with van der Waals surface area (Å²) in [6.07, 6.45) is -0.144. The van der Waals surface area contributed by atoms with E-state index in [9.17, 15) is 8.78 Å². The molecule has 70 valence electrons. The largest absolute Gasteiger partial charge is 0.491 e. The molecule has 13 heavy (non-hydrogen) atoms. The molecule has 0 bridgehead atoms. The minimum absolute atomic E-state index is 0.144. The van der Waals surface area contributed by atoms with Crippen molar-refractivity contribution in [3.05, 3.63) is 29.3 Å². The summed E-state index contributed by atoms with van der Waals surface area (Å²) in [4.78, 5) is 0. The monoisotopic (exact) mass is 186 g/mol. The van der Waals surface area contributed by atoms with E-state index in [2.05, 4.69) is 4.74 Å². The lowest BCUT2D eigenvalue weighted by atomic mass is 10.1. The first-order chi connectivity index (χ1) is 6.22. The van der Waals surface area contributed by atoms with Crippen molar-refractivity contribution in [2.45, 2.75) is 6.10 Å². The van der Waals surface area contributed by atoms with Gasteiger partial charge in [0.15, 0.2) is 17.4 Å². The van der Waals surface area contributed by atoms with E-state index < -0.39 is 11.6 Å². The third kappa shape index (κ3) is 1.49. The van der Waals surface area contributed by atoms with Crippen LogP contribution in [0.1, 0.15) is 11.7 Å². The Bertz CT molecular complexity index is 311. The van der Waals surface area contributed by atoms with Crippen LogP contribution in [0.2, 0.25) is 0 Å². The maximum Gasteiger partial charge on any atom is 0.190 e. The molecule has 2 rings (SSSR count). The van der Waals surface area contributed by atoms with Crippen molar-refractivity contribution in [3.63, 3.8) is 0 Å². The number of halogens is 2. The second kappa shape index (κ2) is 2.96. The molecule has 0 amide bonds. The highest BCUT2D eigenvalue weighted by Crippen LogP contribution is 2.33. The molecule has 0 N–H and O–H groups in total. The average molecular weight is 186 g/mol. The smallest absolute Gasteiger partial charge is 0.190 e. The zero-order valence-corrected chi connectivity index (χ0v) is 7.01. The van der Waals surface area contributed by atoms with Gasteiger partial charge in [0, 0.05) is 0 Å². The van der Waals surface area contributed by atoms with Crippen LogP contribution in [0.3, 0.4) is 0 Å². The Morgan fingerprint density at radius 2 is 1.92 bits per heavy atom. The van der Waals surface area contributed by atoms with Crippen LogP contribution in [0.4, 0.5) is 8.78 Å². The van der Waals surface area contributed by atoms with Crippen molar-refractivity contribution in [2.75, 3.05) is 13.7 Å². The van der Waals surface area contributed by atoms with Crippen molar-refractivity contribution < 1.29 is 18.3 Å². The van der Waals surface area contributed by atoms with Crippen molar-refractivity contribution in [2.24, 2.45) is 0 Å². The van der Waals surface area contributed by atoms with Gasteiger partial charge < -0.3 is 9.47 Å². The highest BCUT2D eigenvalue weighted by molar-refractivity contribution is 5.33. The first-order valence-electron chi connectivity index (χ1n) is 3.87. The predicted octanol–water partition coefficient (Wildman–Crippen LogP) is 2.04. The molecule has 1 saturated heterocycles. The fourth-order valence-electron chi connectivity index (χ4n) is 1.20. The van der Waals surface area contributed by atoms with Gasteiger partial charge in [-0.25, -0.2) is 8.78 Å². The van der Waals surface area contributed by atoms with E-state index in [0.717, 1.165) is 0 Å². The molecule has 1 fully saturated rings. The number of hydrogen-bond acceptors (Lipinski definition) is 2. The van der Waals surface area contributed by atoms with Crippen LogP contribution in [-0.4, -0.2) is 13.7 Å². The molecule has 0 aromatic heterocycles. The van der Waals surface area contributed by atoms with Crippen LogP contribution < -0.4 is 4.74 Å². The molecule has 1 aromatic carbocycles. The van der Waals surface area contributed by atoms with Gasteiger partial charge in [-0.1, -0.05) is 0 Å². The molecule has 1 heterocycles. The lowest BCUT2D eigenvalue weighted by Gasteiger charge is -2.04. The third-order valence-electron chi connectivity index (χ3n) is 1.93. The summed E-state index contributed by atoms with van der Waals surface area (Å²) in [5, 5.41) is 0. The van der Waals surface area contributed by atoms with Crippen molar-refractivity contribution >= 4 is 0 Å². The first kappa shape index (κ1) is 8.44. The second-order valence-electron chi connectivity index (χ2n) is 2.84. The number of hydrogen-bond donors (Lipinski definition) is 0. The van der Waals surface area contributed by atoms with Gasteiger partial charge in [-0.05, 0) is 17.7 Å². The molecule has 0 radical (unpaired) electrons. The van der Waals surface area contributed by atoms with Gasteiger partial charge in [-0.2, -0.15) is 0 Å². The SMILES string of the molecule is COc1c(F)cc([C@H]2CO2)cc1F. The summed E-state index contributed by atoms with van der Waals surface area (Å²) < 4.78 is 35.6. The Kier molecular flexibility index (Phi) is 1.92. The number of rotatable bonds is 2. The normalized spacial score (nSPS) is 20.1. The van der Waals surface area contributed by atoms with Crippen LogP contribution in [0.15, 0.2) is 12.1 Å². The molecule has 1 atom stereocenters. The minimum atomic E-state index is -0.687. The van der Waals surface area contributed by atoms with Gasteiger partial charge in [0.1, 0.15) is 6.10 Å². The van der Waals surface area contributed by atoms with E-state index in [0.29, 0.717) is 12.2 Å². The highest BCUT2D eigenvalue weighted by atomic mass is 19.1. The van der Waals surface area contributed by atoms with Gasteiger partial charge in [0.05, 0.1) is 13.7 Å². The van der Waals surface area contributed by atoms with Crippen LogP contribution in [0.25, 0.3) is 0 Å². The Hall–Kier alpha value is -1.16. The number of epoxide rings is 1. The van der Waals surface area contributed by atoms with Gasteiger partial charge >= 0.3 is 0 Å². The van der Waals surface area contributed by atoms with Crippen molar-refractivity contribution in [3.8, 4) is 5.75 Å². The zero-order chi connectivity index (χ0) is 9.42. The minimum Gasteiger partial charge on any atom is -0.491 e. The molecule has 1 aromatic rings. The second-order valence-corrected chi connectivity index (χ2v) is 2.84. The summed E-state index contributed by atoms with van der Waals surface area (Å²) in [7, 11) is 1.23. The highest BCUT2D eigenvalue weighted by Gasteiger charge is 2.27. The topological polar surface area (TPSA) is 21.8 Å². The Morgan fingerprint density at radius 3 is 2.31 bits per heavy atom. The van der Waals surface area contributed by atoms with E-state index >= 15 is 0 Å². The number of ether oxygens (including phenoxy) is 2. The van der Waals surface area contributed by atoms with Crippen LogP contribution in [0.5, 0.6) is 5.75 Å². The summed E-state index contributed by atoms with van der Waals surface area (Å²) in [5.41, 5.74) is 0.524. The Morgan fingerprint density at radius 1 is 1.38 bits per heavy atom. The summed E-state index contributed by atoms with van der Waals surface area (Å²) >= 11 is 0. The quantitative estimate of drug-likeness (QED) is 0.659. The van der Waals surface area contributed by atoms with Crippen LogP contribution in [-0.2, 0) is 4.74 Å². The van der Waals surface area contributed by atoms with Crippen LogP contribution in [0, 0.1) is 11.6 Å². The van der Waals surface area contributed by atoms with Gasteiger partial charge in [0.25, 0.3) is 0 Å². The molecule has 2 nitrogen and oxygen atoms in total. The zero-order valence-electron chi connectivity index (χ0n) is 7.01. The molecule has 4 heteroatoms. The first-order valence-corrected chi connectivity index (χ1v) is 3.87. The average Bonchev–Trinajstić information content (AvgIpc) is 2.85. The molecule has 0 unspecified atom stereocenters. The van der Waals surface area contributed by atoms with Gasteiger partial charge in [-0.3, -0.25) is 0 Å². The molecule has 0 saturated carbocycles. The van der Waals surface area contributed by atoms with Crippen molar-refractivity contribution in [1.29, 1.82) is 0 Å². The molecular weight excluding hydrogens is 178 g/mol. The maximum atomic E-state index is 13.1. The van der Waals surface area contributed by atoms with Crippen LogP contribution >= 0.6 is 0 Å². The lowest BCUT2D eigenvalue weighted by Crippen LogP contribution is -1.95.